The number of hydrogen-bond donors (Lipinski definition) is 2. The van der Waals surface area contributed by atoms with Gasteiger partial charge in [0.2, 0.25) is 5.91 Å². The number of rotatable bonds is 6. The number of likely N-dealkylation sites (tertiary alicyclic amines) is 1. The normalized spacial score (nSPS) is 25.7. The number of nitrogens with one attached hydrogen (secondary N) is 1. The Balaban J connectivity index is 1.50. The number of benzene rings is 2. The first-order chi connectivity index (χ1) is 15.4. The molecule has 1 amide bonds. The standard InChI is InChI=1S/C26H30Cl2N2O2/c1-2-11-30-12-10-26(19-4-3-5-22(31)15-19)16-21(8-7-20(26)17-30)29-25(32)14-18-6-9-23(27)24(28)13-18/h2-6,9,13,15,20-21,31H,1,7-8,10-12,14,16-17H2,(H,29,32)/t20?,21-,26?/m1/s1. The third-order valence-corrected chi connectivity index (χ3v) is 7.87. The second-order valence-electron chi connectivity index (χ2n) is 9.17. The second kappa shape index (κ2) is 9.86. The Bertz CT molecular complexity index is 996. The zero-order valence-electron chi connectivity index (χ0n) is 18.2. The zero-order chi connectivity index (χ0) is 22.7. The highest BCUT2D eigenvalue weighted by Crippen LogP contribution is 2.49. The van der Waals surface area contributed by atoms with E-state index in [0.29, 0.717) is 21.7 Å². The molecule has 1 heterocycles. The van der Waals surface area contributed by atoms with Crippen LogP contribution >= 0.6 is 23.2 Å². The molecule has 2 fully saturated rings. The van der Waals surface area contributed by atoms with E-state index in [9.17, 15) is 9.90 Å². The minimum absolute atomic E-state index is 0.00184. The van der Waals surface area contributed by atoms with Crippen LogP contribution < -0.4 is 5.32 Å². The fourth-order valence-corrected chi connectivity index (χ4v) is 5.94. The van der Waals surface area contributed by atoms with Crippen LogP contribution in [0, 0.1) is 5.92 Å². The summed E-state index contributed by atoms with van der Waals surface area (Å²) in [4.78, 5) is 15.3. The summed E-state index contributed by atoms with van der Waals surface area (Å²) >= 11 is 12.1. The summed E-state index contributed by atoms with van der Waals surface area (Å²) in [5.74, 6) is 0.790. The average molecular weight is 473 g/mol. The number of piperidine rings is 1. The Labute approximate surface area is 200 Å². The fraction of sp³-hybridized carbons (Fsp3) is 0.423. The quantitative estimate of drug-likeness (QED) is 0.556. The first-order valence-electron chi connectivity index (χ1n) is 11.3. The molecular formula is C26H30Cl2N2O2. The minimum atomic E-state index is -0.0454. The van der Waals surface area contributed by atoms with Gasteiger partial charge in [-0.25, -0.2) is 0 Å². The summed E-state index contributed by atoms with van der Waals surface area (Å²) in [6, 6.07) is 13.1. The van der Waals surface area contributed by atoms with Crippen molar-refractivity contribution in [2.24, 2.45) is 5.92 Å². The summed E-state index contributed by atoms with van der Waals surface area (Å²) < 4.78 is 0. The summed E-state index contributed by atoms with van der Waals surface area (Å²) in [6.45, 7) is 6.80. The first-order valence-corrected chi connectivity index (χ1v) is 12.0. The van der Waals surface area contributed by atoms with Crippen molar-refractivity contribution in [1.29, 1.82) is 0 Å². The Kier molecular flexibility index (Phi) is 7.14. The van der Waals surface area contributed by atoms with Gasteiger partial charge >= 0.3 is 0 Å². The largest absolute Gasteiger partial charge is 0.508 e. The number of carbonyl (C=O) groups is 1. The summed E-state index contributed by atoms with van der Waals surface area (Å²) in [7, 11) is 0. The highest BCUT2D eigenvalue weighted by molar-refractivity contribution is 6.42. The van der Waals surface area contributed by atoms with Gasteiger partial charge < -0.3 is 10.4 Å². The van der Waals surface area contributed by atoms with E-state index in [1.54, 1.807) is 18.2 Å². The van der Waals surface area contributed by atoms with E-state index < -0.39 is 0 Å². The zero-order valence-corrected chi connectivity index (χ0v) is 19.7. The van der Waals surface area contributed by atoms with Crippen LogP contribution in [0.5, 0.6) is 5.75 Å². The van der Waals surface area contributed by atoms with Crippen LogP contribution in [-0.4, -0.2) is 41.6 Å². The molecule has 6 heteroatoms. The molecule has 2 aliphatic rings. The molecule has 4 nitrogen and oxygen atoms in total. The maximum absolute atomic E-state index is 12.8. The molecule has 32 heavy (non-hydrogen) atoms. The maximum atomic E-state index is 12.8. The molecule has 3 atom stereocenters. The summed E-state index contributed by atoms with van der Waals surface area (Å²) in [5.41, 5.74) is 1.99. The van der Waals surface area contributed by atoms with E-state index in [4.69, 9.17) is 23.2 Å². The number of nitrogens with zero attached hydrogens (tertiary/aromatic N) is 1. The lowest BCUT2D eigenvalue weighted by molar-refractivity contribution is -0.121. The van der Waals surface area contributed by atoms with Crippen molar-refractivity contribution in [3.63, 3.8) is 0 Å². The van der Waals surface area contributed by atoms with E-state index in [-0.39, 0.29) is 23.8 Å². The van der Waals surface area contributed by atoms with E-state index in [0.717, 1.165) is 50.9 Å². The lowest BCUT2D eigenvalue weighted by Crippen LogP contribution is -2.56. The molecule has 1 saturated heterocycles. The van der Waals surface area contributed by atoms with Crippen molar-refractivity contribution in [2.45, 2.75) is 43.6 Å². The van der Waals surface area contributed by atoms with Gasteiger partial charge in [0.25, 0.3) is 0 Å². The topological polar surface area (TPSA) is 52.6 Å². The van der Waals surface area contributed by atoms with Gasteiger partial charge in [0.05, 0.1) is 16.5 Å². The second-order valence-corrected chi connectivity index (χ2v) is 9.99. The molecule has 0 radical (unpaired) electrons. The minimum Gasteiger partial charge on any atom is -0.508 e. The number of phenols is 1. The summed E-state index contributed by atoms with van der Waals surface area (Å²) in [5, 5.41) is 14.4. The lowest BCUT2D eigenvalue weighted by Gasteiger charge is -2.53. The van der Waals surface area contributed by atoms with Gasteiger partial charge in [0, 0.05) is 24.5 Å². The van der Waals surface area contributed by atoms with E-state index in [1.165, 1.54) is 5.56 Å². The van der Waals surface area contributed by atoms with Crippen LogP contribution in [0.2, 0.25) is 10.0 Å². The van der Waals surface area contributed by atoms with Crippen molar-refractivity contribution >= 4 is 29.1 Å². The van der Waals surface area contributed by atoms with Crippen LogP contribution in [0.25, 0.3) is 0 Å². The molecule has 2 aromatic carbocycles. The molecule has 2 unspecified atom stereocenters. The fourth-order valence-electron chi connectivity index (χ4n) is 5.62. The van der Waals surface area contributed by atoms with Crippen LogP contribution in [0.15, 0.2) is 55.1 Å². The van der Waals surface area contributed by atoms with E-state index >= 15 is 0 Å². The molecule has 0 aromatic heterocycles. The van der Waals surface area contributed by atoms with Crippen LogP contribution in [0.1, 0.15) is 36.8 Å². The average Bonchev–Trinajstić information content (AvgIpc) is 2.76. The maximum Gasteiger partial charge on any atom is 0.224 e. The number of hydrogen-bond acceptors (Lipinski definition) is 3. The molecule has 2 N–H and O–H groups in total. The Hall–Kier alpha value is -2.01. The molecule has 4 rings (SSSR count). The number of halogens is 2. The number of amides is 1. The van der Waals surface area contributed by atoms with Crippen molar-refractivity contribution in [2.75, 3.05) is 19.6 Å². The van der Waals surface area contributed by atoms with Crippen molar-refractivity contribution in [3.05, 3.63) is 76.3 Å². The first kappa shape index (κ1) is 23.2. The molecule has 0 bridgehead atoms. The Morgan fingerprint density at radius 3 is 2.81 bits per heavy atom. The van der Waals surface area contributed by atoms with Crippen molar-refractivity contribution in [3.8, 4) is 5.75 Å². The van der Waals surface area contributed by atoms with Gasteiger partial charge in [-0.1, -0.05) is 47.5 Å². The SMILES string of the molecule is C=CCN1CCC2(c3cccc(O)c3)C[C@H](NC(=O)Cc3ccc(Cl)c(Cl)c3)CCC2C1. The van der Waals surface area contributed by atoms with Crippen LogP contribution in [-0.2, 0) is 16.6 Å². The third kappa shape index (κ3) is 4.98. The molecule has 1 saturated carbocycles. The molecule has 1 aliphatic heterocycles. The number of phenolic OH excluding ortho intramolecular Hbond substituents is 1. The lowest BCUT2D eigenvalue weighted by atomic mass is 9.58. The number of aromatic hydroxyl groups is 1. The highest BCUT2D eigenvalue weighted by Gasteiger charge is 2.48. The van der Waals surface area contributed by atoms with Crippen LogP contribution in [0.3, 0.4) is 0 Å². The highest BCUT2D eigenvalue weighted by atomic mass is 35.5. The Morgan fingerprint density at radius 1 is 1.22 bits per heavy atom. The van der Waals surface area contributed by atoms with E-state index in [2.05, 4.69) is 22.9 Å². The van der Waals surface area contributed by atoms with Gasteiger partial charge in [-0.15, -0.1) is 6.58 Å². The molecule has 170 valence electrons. The van der Waals surface area contributed by atoms with Crippen molar-refractivity contribution < 1.29 is 9.90 Å². The number of carbonyl (C=O) groups excluding carboxylic acids is 1. The predicted octanol–water partition coefficient (Wildman–Crippen LogP) is 5.36. The molecule has 2 aromatic rings. The van der Waals surface area contributed by atoms with Gasteiger partial charge in [-0.2, -0.15) is 0 Å². The predicted molar refractivity (Wildman–Crippen MR) is 130 cm³/mol. The smallest absolute Gasteiger partial charge is 0.224 e. The third-order valence-electron chi connectivity index (χ3n) is 7.13. The molecule has 1 aliphatic carbocycles. The monoisotopic (exact) mass is 472 g/mol. The van der Waals surface area contributed by atoms with E-state index in [1.807, 2.05) is 24.3 Å². The van der Waals surface area contributed by atoms with Gasteiger partial charge in [-0.05, 0) is 73.5 Å². The number of fused-ring (bicyclic) bond motifs is 1. The molecule has 0 spiro atoms. The van der Waals surface area contributed by atoms with Crippen molar-refractivity contribution in [1.82, 2.24) is 10.2 Å². The summed E-state index contributed by atoms with van der Waals surface area (Å²) in [6.07, 6.45) is 6.14. The van der Waals surface area contributed by atoms with Gasteiger partial charge in [-0.3, -0.25) is 9.69 Å². The van der Waals surface area contributed by atoms with Gasteiger partial charge in [0.15, 0.2) is 0 Å². The Morgan fingerprint density at radius 2 is 2.06 bits per heavy atom. The van der Waals surface area contributed by atoms with Crippen LogP contribution in [0.4, 0.5) is 0 Å². The molecular weight excluding hydrogens is 443 g/mol. The van der Waals surface area contributed by atoms with Gasteiger partial charge in [0.1, 0.15) is 5.75 Å².